The Morgan fingerprint density at radius 1 is 1.13 bits per heavy atom. The quantitative estimate of drug-likeness (QED) is 0.638. The molecule has 1 aromatic carbocycles. The Kier molecular flexibility index (Phi) is 1.75. The number of carbonyl (C=O) groups is 1. The summed E-state index contributed by atoms with van der Waals surface area (Å²) >= 11 is 0. The fraction of sp³-hybridized carbons (Fsp3) is 0.154. The lowest BCUT2D eigenvalue weighted by atomic mass is 10.00. The molecule has 0 radical (unpaired) electrons. The number of benzene rings is 1. The van der Waals surface area contributed by atoms with E-state index in [0.29, 0.717) is 6.42 Å². The van der Waals surface area contributed by atoms with E-state index in [0.717, 1.165) is 11.3 Å². The molecule has 0 spiro atoms. The van der Waals surface area contributed by atoms with Crippen molar-refractivity contribution in [1.82, 2.24) is 0 Å². The number of hydrogen-bond donors (Lipinski definition) is 0. The molecule has 15 heavy (non-hydrogen) atoms. The molecule has 2 heteroatoms. The monoisotopic (exact) mass is 198 g/mol. The highest BCUT2D eigenvalue weighted by molar-refractivity contribution is 6.00. The lowest BCUT2D eigenvalue weighted by Crippen LogP contribution is -2.04. The van der Waals surface area contributed by atoms with E-state index >= 15 is 0 Å². The van der Waals surface area contributed by atoms with Crippen molar-refractivity contribution in [3.63, 3.8) is 0 Å². The normalized spacial score (nSPS) is 18.3. The largest absolute Gasteiger partial charge is 0.485 e. The van der Waals surface area contributed by atoms with Crippen LogP contribution in [0, 0.1) is 0 Å². The average Bonchev–Trinajstić information content (AvgIpc) is 2.51. The maximum Gasteiger partial charge on any atom is 0.200 e. The molecule has 2 aliphatic rings. The minimum atomic E-state index is 0.117. The average molecular weight is 198 g/mol. The first-order valence-corrected chi connectivity index (χ1v) is 5.00. The molecule has 0 amide bonds. The van der Waals surface area contributed by atoms with Crippen LogP contribution in [0.1, 0.15) is 11.1 Å². The molecule has 1 aromatic rings. The van der Waals surface area contributed by atoms with Crippen molar-refractivity contribution in [2.45, 2.75) is 6.42 Å². The number of fused-ring (bicyclic) bond motifs is 1. The number of ketones is 1. The van der Waals surface area contributed by atoms with Gasteiger partial charge in [0, 0.05) is 12.0 Å². The molecule has 0 bridgehead atoms. The first kappa shape index (κ1) is 8.48. The van der Waals surface area contributed by atoms with Crippen LogP contribution < -0.4 is 0 Å². The molecule has 0 N–H and O–H groups in total. The summed E-state index contributed by atoms with van der Waals surface area (Å²) in [5, 5.41) is 0. The van der Waals surface area contributed by atoms with Crippen LogP contribution >= 0.6 is 0 Å². The standard InChI is InChI=1S/C13H10O2/c14-12-8-15-13-6-5-9-3-1-2-4-10(9)7-11(12)13/h1-6H,7-8H2. The van der Waals surface area contributed by atoms with Crippen molar-refractivity contribution >= 4 is 11.9 Å². The lowest BCUT2D eigenvalue weighted by molar-refractivity contribution is -0.116. The zero-order chi connectivity index (χ0) is 10.3. The Hall–Kier alpha value is -1.83. The summed E-state index contributed by atoms with van der Waals surface area (Å²) in [5.74, 6) is 0.863. The first-order chi connectivity index (χ1) is 7.34. The lowest BCUT2D eigenvalue weighted by Gasteiger charge is -2.02. The predicted octanol–water partition coefficient (Wildman–Crippen LogP) is 2.11. The van der Waals surface area contributed by atoms with Gasteiger partial charge >= 0.3 is 0 Å². The second-order valence-electron chi connectivity index (χ2n) is 3.76. The Balaban J connectivity index is 2.12. The van der Waals surface area contributed by atoms with Gasteiger partial charge in [-0.15, -0.1) is 0 Å². The van der Waals surface area contributed by atoms with Crippen LogP contribution in [0.25, 0.3) is 6.08 Å². The van der Waals surface area contributed by atoms with Crippen LogP contribution in [0.15, 0.2) is 41.7 Å². The molecule has 1 aliphatic carbocycles. The van der Waals surface area contributed by atoms with E-state index in [1.165, 1.54) is 11.1 Å². The fourth-order valence-corrected chi connectivity index (χ4v) is 2.00. The van der Waals surface area contributed by atoms with Crippen molar-refractivity contribution in [1.29, 1.82) is 0 Å². The van der Waals surface area contributed by atoms with Gasteiger partial charge in [0.2, 0.25) is 0 Å². The van der Waals surface area contributed by atoms with Crippen LogP contribution in [-0.2, 0) is 16.0 Å². The highest BCUT2D eigenvalue weighted by atomic mass is 16.5. The van der Waals surface area contributed by atoms with Gasteiger partial charge in [-0.1, -0.05) is 30.3 Å². The fourth-order valence-electron chi connectivity index (χ4n) is 2.00. The Bertz CT molecular complexity index is 495. The number of allylic oxidation sites excluding steroid dienone is 1. The third-order valence-corrected chi connectivity index (χ3v) is 2.83. The maximum absolute atomic E-state index is 11.6. The highest BCUT2D eigenvalue weighted by Gasteiger charge is 2.25. The molecule has 0 saturated heterocycles. The van der Waals surface area contributed by atoms with Crippen molar-refractivity contribution in [2.75, 3.05) is 6.61 Å². The van der Waals surface area contributed by atoms with Crippen LogP contribution in [0.3, 0.4) is 0 Å². The molecular weight excluding hydrogens is 188 g/mol. The number of ether oxygens (including phenoxy) is 1. The Morgan fingerprint density at radius 2 is 2.00 bits per heavy atom. The third kappa shape index (κ3) is 1.30. The van der Waals surface area contributed by atoms with E-state index in [4.69, 9.17) is 4.74 Å². The molecule has 3 rings (SSSR count). The van der Waals surface area contributed by atoms with Gasteiger partial charge in [0.1, 0.15) is 5.76 Å². The van der Waals surface area contributed by atoms with E-state index in [2.05, 4.69) is 12.1 Å². The molecule has 1 aliphatic heterocycles. The zero-order valence-electron chi connectivity index (χ0n) is 8.19. The summed E-state index contributed by atoms with van der Waals surface area (Å²) in [5.41, 5.74) is 3.18. The summed E-state index contributed by atoms with van der Waals surface area (Å²) in [4.78, 5) is 11.6. The SMILES string of the molecule is O=C1COC2=C1Cc1ccccc1C=C2. The topological polar surface area (TPSA) is 26.3 Å². The van der Waals surface area contributed by atoms with Crippen molar-refractivity contribution in [2.24, 2.45) is 0 Å². The third-order valence-electron chi connectivity index (χ3n) is 2.83. The number of hydrogen-bond acceptors (Lipinski definition) is 2. The molecule has 0 fully saturated rings. The van der Waals surface area contributed by atoms with Crippen LogP contribution in [0.5, 0.6) is 0 Å². The van der Waals surface area contributed by atoms with Gasteiger partial charge in [-0.3, -0.25) is 4.79 Å². The summed E-state index contributed by atoms with van der Waals surface area (Å²) in [6.07, 6.45) is 4.60. The highest BCUT2D eigenvalue weighted by Crippen LogP contribution is 2.27. The molecular formula is C13H10O2. The van der Waals surface area contributed by atoms with Gasteiger partial charge in [0.05, 0.1) is 0 Å². The number of Topliss-reactive ketones (excluding diaryl/α,β-unsaturated/α-hetero) is 1. The summed E-state index contributed by atoms with van der Waals surface area (Å²) in [6, 6.07) is 8.11. The first-order valence-electron chi connectivity index (χ1n) is 5.00. The molecule has 74 valence electrons. The van der Waals surface area contributed by atoms with Crippen LogP contribution in [-0.4, -0.2) is 12.4 Å². The smallest absolute Gasteiger partial charge is 0.200 e. The van der Waals surface area contributed by atoms with Crippen LogP contribution in [0.2, 0.25) is 0 Å². The molecule has 1 heterocycles. The zero-order valence-corrected chi connectivity index (χ0v) is 8.19. The van der Waals surface area contributed by atoms with Gasteiger partial charge < -0.3 is 4.74 Å². The van der Waals surface area contributed by atoms with E-state index in [-0.39, 0.29) is 12.4 Å². The van der Waals surface area contributed by atoms with Gasteiger partial charge in [0.15, 0.2) is 12.4 Å². The van der Waals surface area contributed by atoms with Crippen molar-refractivity contribution in [3.8, 4) is 0 Å². The molecule has 0 unspecified atom stereocenters. The van der Waals surface area contributed by atoms with Gasteiger partial charge in [0.25, 0.3) is 0 Å². The van der Waals surface area contributed by atoms with Gasteiger partial charge in [-0.25, -0.2) is 0 Å². The second-order valence-corrected chi connectivity index (χ2v) is 3.76. The van der Waals surface area contributed by atoms with Crippen molar-refractivity contribution in [3.05, 3.63) is 52.8 Å². The molecule has 2 nitrogen and oxygen atoms in total. The van der Waals surface area contributed by atoms with Gasteiger partial charge in [-0.2, -0.15) is 0 Å². The van der Waals surface area contributed by atoms with Crippen molar-refractivity contribution < 1.29 is 9.53 Å². The van der Waals surface area contributed by atoms with E-state index in [1.54, 1.807) is 0 Å². The Labute approximate surface area is 87.9 Å². The molecule has 0 saturated carbocycles. The summed E-state index contributed by atoms with van der Waals surface area (Å²) in [7, 11) is 0. The Morgan fingerprint density at radius 3 is 2.93 bits per heavy atom. The van der Waals surface area contributed by atoms with E-state index in [1.807, 2.05) is 24.3 Å². The number of rotatable bonds is 0. The van der Waals surface area contributed by atoms with E-state index in [9.17, 15) is 4.79 Å². The summed E-state index contributed by atoms with van der Waals surface area (Å²) in [6.45, 7) is 0.206. The minimum Gasteiger partial charge on any atom is -0.485 e. The van der Waals surface area contributed by atoms with Crippen LogP contribution in [0.4, 0.5) is 0 Å². The predicted molar refractivity (Wildman–Crippen MR) is 57.2 cm³/mol. The number of carbonyl (C=O) groups excluding carboxylic acids is 1. The van der Waals surface area contributed by atoms with E-state index < -0.39 is 0 Å². The molecule has 0 aromatic heterocycles. The minimum absolute atomic E-state index is 0.117. The second kappa shape index (κ2) is 3.09. The van der Waals surface area contributed by atoms with Gasteiger partial charge in [-0.05, 0) is 17.2 Å². The summed E-state index contributed by atoms with van der Waals surface area (Å²) < 4.78 is 5.32. The molecule has 0 atom stereocenters. The maximum atomic E-state index is 11.6.